The average Bonchev–Trinajstić information content (AvgIpc) is 2.36. The minimum absolute atomic E-state index is 0.160. The predicted octanol–water partition coefficient (Wildman–Crippen LogP) is 3.76. The summed E-state index contributed by atoms with van der Waals surface area (Å²) in [5.41, 5.74) is -1.16. The van der Waals surface area contributed by atoms with Crippen LogP contribution in [0.1, 0.15) is 18.4 Å². The zero-order valence-electron chi connectivity index (χ0n) is 11.2. The second kappa shape index (κ2) is 7.65. The number of anilines is 1. The SMILES string of the molecule is COCCCC(Nc1cc(Br)ccc1C(F)(F)F)C(=O)O. The Morgan fingerprint density at radius 3 is 2.67 bits per heavy atom. The predicted molar refractivity (Wildman–Crippen MR) is 75.3 cm³/mol. The van der Waals surface area contributed by atoms with Crippen molar-refractivity contribution < 1.29 is 27.8 Å². The number of hydrogen-bond donors (Lipinski definition) is 2. The highest BCUT2D eigenvalue weighted by Gasteiger charge is 2.34. The minimum Gasteiger partial charge on any atom is -0.480 e. The van der Waals surface area contributed by atoms with Crippen LogP contribution in [0.3, 0.4) is 0 Å². The Bertz CT molecular complexity index is 494. The number of alkyl halides is 3. The molecule has 0 spiro atoms. The number of ether oxygens (including phenoxy) is 1. The molecule has 0 saturated heterocycles. The third-order valence-electron chi connectivity index (χ3n) is 2.76. The number of carbonyl (C=O) groups is 1. The molecule has 0 aliphatic rings. The van der Waals surface area contributed by atoms with E-state index >= 15 is 0 Å². The second-order valence-electron chi connectivity index (χ2n) is 4.36. The molecule has 4 nitrogen and oxygen atoms in total. The number of carboxylic acids is 1. The molecule has 1 rings (SSSR count). The number of nitrogens with one attached hydrogen (secondary N) is 1. The molecular formula is C13H15BrF3NO3. The molecule has 0 fully saturated rings. The second-order valence-corrected chi connectivity index (χ2v) is 5.27. The Kier molecular flexibility index (Phi) is 6.47. The quantitative estimate of drug-likeness (QED) is 0.718. The molecule has 0 radical (unpaired) electrons. The lowest BCUT2D eigenvalue weighted by molar-refractivity contribution is -0.139. The van der Waals surface area contributed by atoms with Gasteiger partial charge in [0.2, 0.25) is 0 Å². The van der Waals surface area contributed by atoms with Crippen LogP contribution in [0.4, 0.5) is 18.9 Å². The topological polar surface area (TPSA) is 58.6 Å². The maximum absolute atomic E-state index is 12.9. The summed E-state index contributed by atoms with van der Waals surface area (Å²) in [5, 5.41) is 11.5. The van der Waals surface area contributed by atoms with Crippen molar-refractivity contribution in [3.8, 4) is 0 Å². The van der Waals surface area contributed by atoms with E-state index in [0.717, 1.165) is 6.07 Å². The highest BCUT2D eigenvalue weighted by Crippen LogP contribution is 2.36. The highest BCUT2D eigenvalue weighted by atomic mass is 79.9. The van der Waals surface area contributed by atoms with Gasteiger partial charge in [-0.2, -0.15) is 13.2 Å². The minimum atomic E-state index is -4.56. The van der Waals surface area contributed by atoms with E-state index < -0.39 is 23.8 Å². The number of halogens is 4. The summed E-state index contributed by atoms with van der Waals surface area (Å²) in [6, 6.07) is 2.26. The number of aliphatic carboxylic acids is 1. The van der Waals surface area contributed by atoms with Gasteiger partial charge in [0.1, 0.15) is 6.04 Å². The van der Waals surface area contributed by atoms with Crippen LogP contribution in [0, 0.1) is 0 Å². The molecular weight excluding hydrogens is 355 g/mol. The van der Waals surface area contributed by atoms with Crippen molar-refractivity contribution in [3.63, 3.8) is 0 Å². The number of hydrogen-bond acceptors (Lipinski definition) is 3. The molecule has 118 valence electrons. The van der Waals surface area contributed by atoms with E-state index in [1.54, 1.807) is 0 Å². The number of benzene rings is 1. The van der Waals surface area contributed by atoms with Gasteiger partial charge in [-0.25, -0.2) is 4.79 Å². The van der Waals surface area contributed by atoms with Crippen molar-refractivity contribution in [2.45, 2.75) is 25.1 Å². The van der Waals surface area contributed by atoms with Gasteiger partial charge in [0.25, 0.3) is 0 Å². The van der Waals surface area contributed by atoms with E-state index in [1.807, 2.05) is 0 Å². The molecule has 0 aliphatic carbocycles. The monoisotopic (exact) mass is 369 g/mol. The lowest BCUT2D eigenvalue weighted by Gasteiger charge is -2.19. The molecule has 21 heavy (non-hydrogen) atoms. The van der Waals surface area contributed by atoms with Gasteiger partial charge in [0.05, 0.1) is 5.56 Å². The van der Waals surface area contributed by atoms with Crippen LogP contribution in [0.25, 0.3) is 0 Å². The molecule has 0 amide bonds. The first-order valence-electron chi connectivity index (χ1n) is 6.10. The largest absolute Gasteiger partial charge is 0.480 e. The standard InChI is InChI=1S/C13H15BrF3NO3/c1-21-6-2-3-10(12(19)20)18-11-7-8(14)4-5-9(11)13(15,16)17/h4-5,7,10,18H,2-3,6H2,1H3,(H,19,20). The first kappa shape index (κ1) is 17.8. The van der Waals surface area contributed by atoms with Crippen LogP contribution in [0.2, 0.25) is 0 Å². The maximum Gasteiger partial charge on any atom is 0.418 e. The fourth-order valence-electron chi connectivity index (χ4n) is 1.76. The summed E-state index contributed by atoms with van der Waals surface area (Å²) in [6.07, 6.45) is -3.97. The van der Waals surface area contributed by atoms with Gasteiger partial charge in [-0.05, 0) is 31.0 Å². The van der Waals surface area contributed by atoms with Crippen LogP contribution >= 0.6 is 15.9 Å². The van der Waals surface area contributed by atoms with Gasteiger partial charge in [-0.15, -0.1) is 0 Å². The third kappa shape index (κ3) is 5.55. The van der Waals surface area contributed by atoms with E-state index in [9.17, 15) is 18.0 Å². The molecule has 1 aromatic carbocycles. The van der Waals surface area contributed by atoms with Gasteiger partial charge in [-0.3, -0.25) is 0 Å². The molecule has 0 saturated carbocycles. The van der Waals surface area contributed by atoms with Crippen LogP contribution in [0.15, 0.2) is 22.7 Å². The van der Waals surface area contributed by atoms with Crippen LogP contribution in [0.5, 0.6) is 0 Å². The van der Waals surface area contributed by atoms with E-state index in [0.29, 0.717) is 17.5 Å². The first-order valence-corrected chi connectivity index (χ1v) is 6.90. The molecule has 8 heteroatoms. The summed E-state index contributed by atoms with van der Waals surface area (Å²) >= 11 is 3.08. The Morgan fingerprint density at radius 1 is 1.48 bits per heavy atom. The van der Waals surface area contributed by atoms with Crippen LogP contribution in [-0.4, -0.2) is 30.8 Å². The molecule has 0 aromatic heterocycles. The maximum atomic E-state index is 12.9. The Balaban J connectivity index is 2.97. The summed E-state index contributed by atoms with van der Waals surface area (Å²) in [6.45, 7) is 0.343. The van der Waals surface area contributed by atoms with Crippen molar-refractivity contribution in [1.29, 1.82) is 0 Å². The third-order valence-corrected chi connectivity index (χ3v) is 3.25. The summed E-state index contributed by atoms with van der Waals surface area (Å²) < 4.78 is 44.0. The molecule has 1 atom stereocenters. The van der Waals surface area contributed by atoms with E-state index in [-0.39, 0.29) is 12.1 Å². The lowest BCUT2D eigenvalue weighted by Crippen LogP contribution is -2.30. The number of carboxylic acid groups (broad SMARTS) is 1. The van der Waals surface area contributed by atoms with Crippen LogP contribution in [-0.2, 0) is 15.7 Å². The van der Waals surface area contributed by atoms with Crippen molar-refractivity contribution >= 4 is 27.6 Å². The van der Waals surface area contributed by atoms with Crippen molar-refractivity contribution in [2.24, 2.45) is 0 Å². The van der Waals surface area contributed by atoms with Crippen molar-refractivity contribution in [2.75, 3.05) is 19.0 Å². The summed E-state index contributed by atoms with van der Waals surface area (Å²) in [5.74, 6) is -1.21. The Labute approximate surface area is 128 Å². The smallest absolute Gasteiger partial charge is 0.418 e. The lowest BCUT2D eigenvalue weighted by atomic mass is 10.1. The van der Waals surface area contributed by atoms with Gasteiger partial charge >= 0.3 is 12.1 Å². The first-order chi connectivity index (χ1) is 9.75. The number of rotatable bonds is 7. The summed E-state index contributed by atoms with van der Waals surface area (Å²) in [4.78, 5) is 11.1. The highest BCUT2D eigenvalue weighted by molar-refractivity contribution is 9.10. The van der Waals surface area contributed by atoms with Gasteiger partial charge in [0.15, 0.2) is 0 Å². The zero-order chi connectivity index (χ0) is 16.0. The molecule has 2 N–H and O–H groups in total. The average molecular weight is 370 g/mol. The van der Waals surface area contributed by atoms with Gasteiger partial charge < -0.3 is 15.2 Å². The molecule has 0 aliphatic heterocycles. The zero-order valence-corrected chi connectivity index (χ0v) is 12.8. The fraction of sp³-hybridized carbons (Fsp3) is 0.462. The van der Waals surface area contributed by atoms with Crippen LogP contribution < -0.4 is 5.32 Å². The normalized spacial score (nSPS) is 13.0. The Morgan fingerprint density at radius 2 is 2.14 bits per heavy atom. The number of methoxy groups -OCH3 is 1. The van der Waals surface area contributed by atoms with Gasteiger partial charge in [-0.1, -0.05) is 15.9 Å². The summed E-state index contributed by atoms with van der Waals surface area (Å²) in [7, 11) is 1.47. The molecule has 1 aromatic rings. The van der Waals surface area contributed by atoms with Gasteiger partial charge in [0, 0.05) is 23.9 Å². The Hall–Kier alpha value is -1.28. The van der Waals surface area contributed by atoms with E-state index in [2.05, 4.69) is 21.2 Å². The van der Waals surface area contributed by atoms with Crippen molar-refractivity contribution in [1.82, 2.24) is 0 Å². The van der Waals surface area contributed by atoms with E-state index in [1.165, 1.54) is 19.2 Å². The van der Waals surface area contributed by atoms with Crippen molar-refractivity contribution in [3.05, 3.63) is 28.2 Å². The van der Waals surface area contributed by atoms with E-state index in [4.69, 9.17) is 9.84 Å². The molecule has 0 heterocycles. The molecule has 0 bridgehead atoms. The molecule has 1 unspecified atom stereocenters. The fourth-order valence-corrected chi connectivity index (χ4v) is 2.12.